The lowest BCUT2D eigenvalue weighted by atomic mass is 9.82. The molecule has 3 nitrogen and oxygen atoms in total. The van der Waals surface area contributed by atoms with Gasteiger partial charge in [-0.15, -0.1) is 0 Å². The van der Waals surface area contributed by atoms with Crippen LogP contribution < -0.4 is 0 Å². The standard InChI is InChI=1S/C8H6ClNO2/c9-6-2-7-4(3-10)1-5(6)8(11)12-7/h2,4-5,7H,1H2/t4-,5+,7+/m0/s1. The average molecular weight is 184 g/mol. The van der Waals surface area contributed by atoms with Crippen LogP contribution in [-0.4, -0.2) is 12.1 Å². The number of nitriles is 1. The molecule has 0 unspecified atom stereocenters. The van der Waals surface area contributed by atoms with Crippen LogP contribution in [0.3, 0.4) is 0 Å². The third kappa shape index (κ3) is 0.919. The number of esters is 1. The lowest BCUT2D eigenvalue weighted by Gasteiger charge is -2.34. The van der Waals surface area contributed by atoms with Gasteiger partial charge in [0, 0.05) is 5.03 Å². The summed E-state index contributed by atoms with van der Waals surface area (Å²) in [6.07, 6.45) is 1.75. The van der Waals surface area contributed by atoms with Gasteiger partial charge >= 0.3 is 5.97 Å². The van der Waals surface area contributed by atoms with E-state index >= 15 is 0 Å². The molecule has 0 spiro atoms. The normalized spacial score (nSPS) is 38.5. The summed E-state index contributed by atoms with van der Waals surface area (Å²) in [4.78, 5) is 11.1. The lowest BCUT2D eigenvalue weighted by molar-refractivity contribution is -0.159. The second-order valence-electron chi connectivity index (χ2n) is 2.98. The maximum absolute atomic E-state index is 11.1. The summed E-state index contributed by atoms with van der Waals surface area (Å²) in [5, 5.41) is 9.20. The van der Waals surface area contributed by atoms with Gasteiger partial charge in [0.15, 0.2) is 0 Å². The number of ether oxygens (including phenoxy) is 1. The highest BCUT2D eigenvalue weighted by atomic mass is 35.5. The zero-order chi connectivity index (χ0) is 8.72. The number of rotatable bonds is 0. The largest absolute Gasteiger partial charge is 0.456 e. The number of hydrogen-bond donors (Lipinski definition) is 0. The summed E-state index contributed by atoms with van der Waals surface area (Å²) in [5.41, 5.74) is 0. The first-order valence-corrected chi connectivity index (χ1v) is 4.07. The summed E-state index contributed by atoms with van der Waals surface area (Å²) in [6, 6.07) is 2.10. The summed E-state index contributed by atoms with van der Waals surface area (Å²) in [6.45, 7) is 0. The molecule has 4 heteroatoms. The minimum absolute atomic E-state index is 0.213. The average Bonchev–Trinajstić information content (AvgIpc) is 2.04. The van der Waals surface area contributed by atoms with Crippen LogP contribution in [0.1, 0.15) is 6.42 Å². The van der Waals surface area contributed by atoms with E-state index in [9.17, 15) is 4.79 Å². The van der Waals surface area contributed by atoms with Crippen LogP contribution in [0.2, 0.25) is 0 Å². The Labute approximate surface area is 74.6 Å². The van der Waals surface area contributed by atoms with E-state index in [2.05, 4.69) is 6.07 Å². The van der Waals surface area contributed by atoms with Gasteiger partial charge in [-0.3, -0.25) is 4.79 Å². The molecule has 62 valence electrons. The number of fused-ring (bicyclic) bond motifs is 2. The van der Waals surface area contributed by atoms with Gasteiger partial charge in [0.2, 0.25) is 0 Å². The van der Waals surface area contributed by atoms with E-state index in [0.717, 1.165) is 0 Å². The molecule has 3 atom stereocenters. The van der Waals surface area contributed by atoms with Gasteiger partial charge in [-0.1, -0.05) is 11.6 Å². The molecule has 1 saturated heterocycles. The molecule has 1 aliphatic carbocycles. The van der Waals surface area contributed by atoms with Crippen LogP contribution in [0.4, 0.5) is 0 Å². The molecule has 2 bridgehead atoms. The summed E-state index contributed by atoms with van der Waals surface area (Å²) < 4.78 is 4.94. The predicted octanol–water partition coefficient (Wildman–Crippen LogP) is 1.19. The Morgan fingerprint density at radius 3 is 3.00 bits per heavy atom. The highest BCUT2D eigenvalue weighted by molar-refractivity contribution is 6.31. The molecular formula is C8H6ClNO2. The number of halogens is 1. The molecule has 3 rings (SSSR count). The zero-order valence-corrected chi connectivity index (χ0v) is 6.91. The van der Waals surface area contributed by atoms with Crippen molar-refractivity contribution >= 4 is 17.6 Å². The van der Waals surface area contributed by atoms with Gasteiger partial charge in [0.05, 0.1) is 17.9 Å². The van der Waals surface area contributed by atoms with Crippen LogP contribution in [-0.2, 0) is 9.53 Å². The highest BCUT2D eigenvalue weighted by Crippen LogP contribution is 2.38. The van der Waals surface area contributed by atoms with Crippen molar-refractivity contribution < 1.29 is 9.53 Å². The Balaban J connectivity index is 2.34. The fourth-order valence-electron chi connectivity index (χ4n) is 1.56. The van der Waals surface area contributed by atoms with E-state index < -0.39 is 6.10 Å². The maximum atomic E-state index is 11.1. The molecule has 12 heavy (non-hydrogen) atoms. The number of nitrogens with zero attached hydrogens (tertiary/aromatic N) is 1. The SMILES string of the molecule is N#C[C@@H]1C[C@H]2C(=O)O[C@@H]1C=C2Cl. The van der Waals surface area contributed by atoms with Crippen LogP contribution in [0.15, 0.2) is 11.1 Å². The smallest absolute Gasteiger partial charge is 0.315 e. The van der Waals surface area contributed by atoms with Crippen LogP contribution in [0.5, 0.6) is 0 Å². The van der Waals surface area contributed by atoms with E-state index in [4.69, 9.17) is 21.6 Å². The molecule has 2 aliphatic heterocycles. The third-order valence-electron chi connectivity index (χ3n) is 2.25. The van der Waals surface area contributed by atoms with E-state index in [0.29, 0.717) is 11.5 Å². The van der Waals surface area contributed by atoms with Crippen LogP contribution in [0, 0.1) is 23.2 Å². The molecule has 3 aliphatic rings. The minimum atomic E-state index is -0.417. The van der Waals surface area contributed by atoms with Crippen molar-refractivity contribution in [2.75, 3.05) is 0 Å². The molecule has 0 aromatic carbocycles. The highest BCUT2D eigenvalue weighted by Gasteiger charge is 2.43. The Hall–Kier alpha value is -1.01. The summed E-state index contributed by atoms with van der Waals surface area (Å²) in [5.74, 6) is -0.893. The van der Waals surface area contributed by atoms with E-state index in [1.165, 1.54) is 0 Å². The van der Waals surface area contributed by atoms with Gasteiger partial charge in [0.1, 0.15) is 6.10 Å². The van der Waals surface area contributed by atoms with Crippen molar-refractivity contribution in [2.24, 2.45) is 11.8 Å². The molecule has 0 radical (unpaired) electrons. The van der Waals surface area contributed by atoms with Crippen molar-refractivity contribution in [3.8, 4) is 6.07 Å². The van der Waals surface area contributed by atoms with Gasteiger partial charge < -0.3 is 4.74 Å². The summed E-state index contributed by atoms with van der Waals surface area (Å²) >= 11 is 5.78. The predicted molar refractivity (Wildman–Crippen MR) is 41.0 cm³/mol. The minimum Gasteiger partial charge on any atom is -0.456 e. The molecule has 0 N–H and O–H groups in total. The monoisotopic (exact) mass is 183 g/mol. The number of hydrogen-bond acceptors (Lipinski definition) is 3. The van der Waals surface area contributed by atoms with Gasteiger partial charge in [-0.25, -0.2) is 0 Å². The Kier molecular flexibility index (Phi) is 1.59. The molecule has 1 fully saturated rings. The fourth-order valence-corrected chi connectivity index (χ4v) is 1.86. The van der Waals surface area contributed by atoms with Crippen molar-refractivity contribution in [2.45, 2.75) is 12.5 Å². The van der Waals surface area contributed by atoms with E-state index in [-0.39, 0.29) is 17.8 Å². The maximum Gasteiger partial charge on any atom is 0.315 e. The Bertz CT molecular complexity index is 305. The molecule has 0 aromatic heterocycles. The lowest BCUT2D eigenvalue weighted by Crippen LogP contribution is -2.41. The number of carbonyl (C=O) groups excluding carboxylic acids is 1. The quantitative estimate of drug-likeness (QED) is 0.530. The first-order chi connectivity index (χ1) is 5.72. The Morgan fingerprint density at radius 2 is 2.50 bits per heavy atom. The topological polar surface area (TPSA) is 50.1 Å². The van der Waals surface area contributed by atoms with Gasteiger partial charge in [-0.2, -0.15) is 5.26 Å². The van der Waals surface area contributed by atoms with E-state index in [1.807, 2.05) is 0 Å². The van der Waals surface area contributed by atoms with Crippen molar-refractivity contribution in [1.29, 1.82) is 5.26 Å². The van der Waals surface area contributed by atoms with Crippen molar-refractivity contribution in [3.05, 3.63) is 11.1 Å². The molecule has 2 heterocycles. The van der Waals surface area contributed by atoms with Crippen molar-refractivity contribution in [3.63, 3.8) is 0 Å². The zero-order valence-electron chi connectivity index (χ0n) is 6.16. The molecule has 0 amide bonds. The number of carbonyl (C=O) groups is 1. The van der Waals surface area contributed by atoms with Gasteiger partial charge in [0.25, 0.3) is 0 Å². The second kappa shape index (κ2) is 2.49. The first kappa shape index (κ1) is 7.63. The molecule has 0 saturated carbocycles. The van der Waals surface area contributed by atoms with Crippen LogP contribution in [0.25, 0.3) is 0 Å². The fraction of sp³-hybridized carbons (Fsp3) is 0.500. The summed E-state index contributed by atoms with van der Waals surface area (Å²) in [7, 11) is 0. The Morgan fingerprint density at radius 1 is 1.75 bits per heavy atom. The second-order valence-corrected chi connectivity index (χ2v) is 3.41. The first-order valence-electron chi connectivity index (χ1n) is 3.69. The van der Waals surface area contributed by atoms with Crippen LogP contribution >= 0.6 is 11.6 Å². The van der Waals surface area contributed by atoms with E-state index in [1.54, 1.807) is 6.08 Å². The van der Waals surface area contributed by atoms with Crippen molar-refractivity contribution in [1.82, 2.24) is 0 Å². The molecular weight excluding hydrogens is 178 g/mol. The van der Waals surface area contributed by atoms with Gasteiger partial charge in [-0.05, 0) is 12.5 Å². The molecule has 0 aromatic rings. The third-order valence-corrected chi connectivity index (χ3v) is 2.63.